The van der Waals surface area contributed by atoms with Gasteiger partial charge in [0, 0.05) is 27.2 Å². The Hall–Kier alpha value is -1.39. The van der Waals surface area contributed by atoms with Gasteiger partial charge in [0.25, 0.3) is 0 Å². The molecule has 1 aromatic carbocycles. The summed E-state index contributed by atoms with van der Waals surface area (Å²) < 4.78 is 0. The van der Waals surface area contributed by atoms with E-state index >= 15 is 0 Å². The molecule has 1 unspecified atom stereocenters. The van der Waals surface area contributed by atoms with Gasteiger partial charge in [-0.25, -0.2) is 0 Å². The Morgan fingerprint density at radius 3 is 2.55 bits per heavy atom. The number of carbonyl (C=O) groups excluding carboxylic acids is 1. The molecule has 110 valence electrons. The Morgan fingerprint density at radius 1 is 1.30 bits per heavy atom. The fourth-order valence-corrected chi connectivity index (χ4v) is 2.77. The number of piperidine rings is 1. The number of likely N-dealkylation sites (tertiary alicyclic amines) is 1. The Morgan fingerprint density at radius 2 is 1.95 bits per heavy atom. The van der Waals surface area contributed by atoms with E-state index in [4.69, 9.17) is 5.11 Å². The number of nitrogens with zero attached hydrogens (tertiary/aromatic N) is 2. The van der Waals surface area contributed by atoms with Gasteiger partial charge in [-0.1, -0.05) is 24.3 Å². The number of rotatable bonds is 4. The van der Waals surface area contributed by atoms with Crippen LogP contribution in [-0.2, 0) is 17.9 Å². The summed E-state index contributed by atoms with van der Waals surface area (Å²) in [5, 5.41) is 9.05. The number of carbonyl (C=O) groups is 1. The molecule has 1 saturated heterocycles. The first-order valence-electron chi connectivity index (χ1n) is 7.22. The summed E-state index contributed by atoms with van der Waals surface area (Å²) >= 11 is 0. The van der Waals surface area contributed by atoms with Crippen LogP contribution in [0.1, 0.15) is 24.0 Å². The summed E-state index contributed by atoms with van der Waals surface area (Å²) in [6.45, 7) is 2.87. The van der Waals surface area contributed by atoms with E-state index in [2.05, 4.69) is 17.0 Å². The van der Waals surface area contributed by atoms with Crippen molar-refractivity contribution in [2.24, 2.45) is 5.92 Å². The predicted octanol–water partition coefficient (Wildman–Crippen LogP) is 1.48. The summed E-state index contributed by atoms with van der Waals surface area (Å²) in [4.78, 5) is 16.1. The molecule has 1 N–H and O–H groups in total. The molecule has 1 aliphatic rings. The van der Waals surface area contributed by atoms with Gasteiger partial charge in [-0.3, -0.25) is 9.69 Å². The highest BCUT2D eigenvalue weighted by atomic mass is 16.3. The largest absolute Gasteiger partial charge is 0.392 e. The first-order chi connectivity index (χ1) is 9.60. The summed E-state index contributed by atoms with van der Waals surface area (Å²) in [6, 6.07) is 8.04. The van der Waals surface area contributed by atoms with Crippen molar-refractivity contribution in [1.29, 1.82) is 0 Å². The van der Waals surface area contributed by atoms with Crippen LogP contribution in [0.5, 0.6) is 0 Å². The van der Waals surface area contributed by atoms with Crippen molar-refractivity contribution in [3.8, 4) is 0 Å². The van der Waals surface area contributed by atoms with E-state index in [1.165, 1.54) is 5.56 Å². The molecule has 0 aliphatic carbocycles. The van der Waals surface area contributed by atoms with E-state index in [-0.39, 0.29) is 18.4 Å². The van der Waals surface area contributed by atoms with Crippen LogP contribution in [0.15, 0.2) is 24.3 Å². The maximum atomic E-state index is 12.1. The average Bonchev–Trinajstić information content (AvgIpc) is 2.47. The predicted molar refractivity (Wildman–Crippen MR) is 79.1 cm³/mol. The van der Waals surface area contributed by atoms with Gasteiger partial charge in [0.2, 0.25) is 5.91 Å². The maximum Gasteiger partial charge on any atom is 0.226 e. The second kappa shape index (κ2) is 6.86. The molecule has 1 fully saturated rings. The highest BCUT2D eigenvalue weighted by molar-refractivity contribution is 5.78. The minimum absolute atomic E-state index is 0.0867. The van der Waals surface area contributed by atoms with E-state index < -0.39 is 0 Å². The second-order valence-corrected chi connectivity index (χ2v) is 5.78. The molecular weight excluding hydrogens is 252 g/mol. The molecule has 1 atom stereocenters. The van der Waals surface area contributed by atoms with Crippen LogP contribution in [0.4, 0.5) is 0 Å². The van der Waals surface area contributed by atoms with Crippen LogP contribution >= 0.6 is 0 Å². The van der Waals surface area contributed by atoms with E-state index in [0.717, 1.165) is 38.0 Å². The first kappa shape index (κ1) is 15.0. The smallest absolute Gasteiger partial charge is 0.226 e. The van der Waals surface area contributed by atoms with Gasteiger partial charge >= 0.3 is 0 Å². The lowest BCUT2D eigenvalue weighted by Gasteiger charge is -2.33. The Balaban J connectivity index is 1.93. The van der Waals surface area contributed by atoms with Crippen molar-refractivity contribution in [1.82, 2.24) is 9.80 Å². The lowest BCUT2D eigenvalue weighted by molar-refractivity contribution is -0.134. The summed E-state index contributed by atoms with van der Waals surface area (Å²) in [5.41, 5.74) is 2.17. The van der Waals surface area contributed by atoms with Gasteiger partial charge in [-0.15, -0.1) is 0 Å². The standard InChI is InChI=1S/C16H24N2O2/c1-17(2)16(20)15-4-3-9-18(11-15)10-13-5-7-14(12-19)8-6-13/h5-8,15,19H,3-4,9-12H2,1-2H3. The van der Waals surface area contributed by atoms with Crippen molar-refractivity contribution < 1.29 is 9.90 Å². The normalized spacial score (nSPS) is 19.9. The zero-order chi connectivity index (χ0) is 14.5. The Labute approximate surface area is 121 Å². The van der Waals surface area contributed by atoms with Crippen LogP contribution < -0.4 is 0 Å². The number of hydrogen-bond acceptors (Lipinski definition) is 3. The molecule has 0 spiro atoms. The summed E-state index contributed by atoms with van der Waals surface area (Å²) in [6.07, 6.45) is 2.08. The van der Waals surface area contributed by atoms with Gasteiger partial charge in [-0.05, 0) is 30.5 Å². The molecule has 0 radical (unpaired) electrons. The molecule has 1 aromatic rings. The first-order valence-corrected chi connectivity index (χ1v) is 7.22. The third kappa shape index (κ3) is 3.81. The Kier molecular flexibility index (Phi) is 5.15. The minimum Gasteiger partial charge on any atom is -0.392 e. The lowest BCUT2D eigenvalue weighted by atomic mass is 9.96. The van der Waals surface area contributed by atoms with Crippen molar-refractivity contribution in [3.05, 3.63) is 35.4 Å². The number of benzene rings is 1. The quantitative estimate of drug-likeness (QED) is 0.906. The zero-order valence-corrected chi connectivity index (χ0v) is 12.4. The molecule has 2 rings (SSSR count). The van der Waals surface area contributed by atoms with Gasteiger partial charge in [0.05, 0.1) is 12.5 Å². The monoisotopic (exact) mass is 276 g/mol. The summed E-state index contributed by atoms with van der Waals surface area (Å²) in [7, 11) is 3.66. The number of hydrogen-bond donors (Lipinski definition) is 1. The Bertz CT molecular complexity index is 442. The highest BCUT2D eigenvalue weighted by Gasteiger charge is 2.26. The van der Waals surface area contributed by atoms with Crippen LogP contribution in [0.25, 0.3) is 0 Å². The van der Waals surface area contributed by atoms with Crippen LogP contribution in [0.3, 0.4) is 0 Å². The lowest BCUT2D eigenvalue weighted by Crippen LogP contribution is -2.42. The SMILES string of the molecule is CN(C)C(=O)C1CCCN(Cc2ccc(CO)cc2)C1. The van der Waals surface area contributed by atoms with Crippen molar-refractivity contribution in [3.63, 3.8) is 0 Å². The molecule has 1 heterocycles. The molecule has 0 saturated carbocycles. The molecule has 20 heavy (non-hydrogen) atoms. The molecular formula is C16H24N2O2. The maximum absolute atomic E-state index is 12.1. The third-order valence-electron chi connectivity index (χ3n) is 3.91. The van der Waals surface area contributed by atoms with Crippen LogP contribution in [0, 0.1) is 5.92 Å². The molecule has 1 amide bonds. The van der Waals surface area contributed by atoms with E-state index in [1.54, 1.807) is 4.90 Å². The molecule has 4 heteroatoms. The van der Waals surface area contributed by atoms with Crippen molar-refractivity contribution in [2.75, 3.05) is 27.2 Å². The van der Waals surface area contributed by atoms with Gasteiger partial charge < -0.3 is 10.0 Å². The molecule has 4 nitrogen and oxygen atoms in total. The molecule has 0 aromatic heterocycles. The van der Waals surface area contributed by atoms with Gasteiger partial charge in [0.15, 0.2) is 0 Å². The van der Waals surface area contributed by atoms with E-state index in [1.807, 2.05) is 26.2 Å². The fraction of sp³-hybridized carbons (Fsp3) is 0.562. The van der Waals surface area contributed by atoms with Crippen molar-refractivity contribution >= 4 is 5.91 Å². The van der Waals surface area contributed by atoms with Gasteiger partial charge in [-0.2, -0.15) is 0 Å². The van der Waals surface area contributed by atoms with Crippen LogP contribution in [0.2, 0.25) is 0 Å². The highest BCUT2D eigenvalue weighted by Crippen LogP contribution is 2.20. The van der Waals surface area contributed by atoms with Crippen LogP contribution in [-0.4, -0.2) is 48.0 Å². The molecule has 0 bridgehead atoms. The average molecular weight is 276 g/mol. The fourth-order valence-electron chi connectivity index (χ4n) is 2.77. The van der Waals surface area contributed by atoms with E-state index in [9.17, 15) is 4.79 Å². The third-order valence-corrected chi connectivity index (χ3v) is 3.91. The van der Waals surface area contributed by atoms with E-state index in [0.29, 0.717) is 0 Å². The van der Waals surface area contributed by atoms with Crippen molar-refractivity contribution in [2.45, 2.75) is 26.0 Å². The number of amides is 1. The van der Waals surface area contributed by atoms with Gasteiger partial charge in [0.1, 0.15) is 0 Å². The number of aliphatic hydroxyl groups excluding tert-OH is 1. The zero-order valence-electron chi connectivity index (χ0n) is 12.4. The topological polar surface area (TPSA) is 43.8 Å². The second-order valence-electron chi connectivity index (χ2n) is 5.78. The minimum atomic E-state index is 0.0867. The molecule has 1 aliphatic heterocycles. The number of aliphatic hydroxyl groups is 1. The summed E-state index contributed by atoms with van der Waals surface area (Å²) in [5.74, 6) is 0.376.